The number of hydrogen-bond acceptors (Lipinski definition) is 4. The molecule has 0 fully saturated rings. The predicted molar refractivity (Wildman–Crippen MR) is 79.3 cm³/mol. The first-order valence-electron chi connectivity index (χ1n) is 6.52. The van der Waals surface area contributed by atoms with Gasteiger partial charge in [0.15, 0.2) is 0 Å². The number of hydrogen-bond donors (Lipinski definition) is 2. The van der Waals surface area contributed by atoms with Crippen LogP contribution in [0, 0.1) is 0 Å². The van der Waals surface area contributed by atoms with E-state index in [-0.39, 0.29) is 4.90 Å². The third-order valence-electron chi connectivity index (χ3n) is 3.07. The van der Waals surface area contributed by atoms with Crippen molar-refractivity contribution in [2.45, 2.75) is 17.6 Å². The molecule has 1 heterocycles. The zero-order chi connectivity index (χ0) is 17.1. The smallest absolute Gasteiger partial charge is 0.366 e. The minimum atomic E-state index is -4.42. The van der Waals surface area contributed by atoms with Crippen molar-refractivity contribution < 1.29 is 21.6 Å². The number of pyridine rings is 1. The Balaban J connectivity index is 2.01. The van der Waals surface area contributed by atoms with Gasteiger partial charge in [0.25, 0.3) is 0 Å². The first-order chi connectivity index (χ1) is 10.7. The van der Waals surface area contributed by atoms with Gasteiger partial charge in [-0.25, -0.2) is 18.1 Å². The molecule has 0 aliphatic heterocycles. The van der Waals surface area contributed by atoms with E-state index in [0.29, 0.717) is 12.4 Å². The van der Waals surface area contributed by atoms with Crippen molar-refractivity contribution in [3.63, 3.8) is 0 Å². The molecule has 0 radical (unpaired) electrons. The first-order valence-corrected chi connectivity index (χ1v) is 8.00. The Morgan fingerprint density at radius 3 is 2.22 bits per heavy atom. The molecule has 2 rings (SSSR count). The molecule has 0 aliphatic carbocycles. The molecule has 0 amide bonds. The van der Waals surface area contributed by atoms with E-state index in [1.54, 1.807) is 12.1 Å². The third-order valence-corrected chi connectivity index (χ3v) is 4.50. The number of nitrogens with one attached hydrogen (secondary N) is 2. The Kier molecular flexibility index (Phi) is 4.90. The van der Waals surface area contributed by atoms with E-state index >= 15 is 0 Å². The van der Waals surface area contributed by atoms with Crippen molar-refractivity contribution in [3.05, 3.63) is 53.7 Å². The van der Waals surface area contributed by atoms with E-state index in [9.17, 15) is 21.6 Å². The number of aromatic nitrogens is 1. The van der Waals surface area contributed by atoms with Crippen LogP contribution in [-0.4, -0.2) is 20.4 Å². The average molecular weight is 345 g/mol. The van der Waals surface area contributed by atoms with Crippen molar-refractivity contribution in [1.82, 2.24) is 9.71 Å². The molecule has 0 aliphatic rings. The summed E-state index contributed by atoms with van der Waals surface area (Å²) >= 11 is 0. The van der Waals surface area contributed by atoms with E-state index in [2.05, 4.69) is 15.0 Å². The number of alkyl halides is 3. The summed E-state index contributed by atoms with van der Waals surface area (Å²) in [7, 11) is -2.17. The van der Waals surface area contributed by atoms with Gasteiger partial charge in [-0.15, -0.1) is 0 Å². The number of halogens is 3. The molecule has 0 atom stereocenters. The second-order valence-electron chi connectivity index (χ2n) is 4.63. The van der Waals surface area contributed by atoms with Gasteiger partial charge in [0, 0.05) is 12.7 Å². The van der Waals surface area contributed by atoms with Crippen LogP contribution in [0.15, 0.2) is 47.5 Å². The van der Waals surface area contributed by atoms with E-state index in [1.807, 2.05) is 0 Å². The standard InChI is InChI=1S/C14H14F3N3O2S/c1-18-23(21,22)12-5-2-10(3-6-12)8-19-13-7-4-11(9-20-13)14(15,16)17/h2-7,9,18H,8H2,1H3,(H,19,20). The molecule has 2 N–H and O–H groups in total. The summed E-state index contributed by atoms with van der Waals surface area (Å²) in [5.41, 5.74) is -0.0496. The van der Waals surface area contributed by atoms with E-state index < -0.39 is 21.8 Å². The highest BCUT2D eigenvalue weighted by Crippen LogP contribution is 2.28. The molecular formula is C14H14F3N3O2S. The van der Waals surface area contributed by atoms with Gasteiger partial charge in [-0.1, -0.05) is 12.1 Å². The zero-order valence-corrected chi connectivity index (χ0v) is 12.9. The molecule has 0 spiro atoms. The number of nitrogens with zero attached hydrogens (tertiary/aromatic N) is 1. The molecule has 0 bridgehead atoms. The van der Waals surface area contributed by atoms with Gasteiger partial charge in [0.1, 0.15) is 5.82 Å². The van der Waals surface area contributed by atoms with Crippen molar-refractivity contribution in [1.29, 1.82) is 0 Å². The van der Waals surface area contributed by atoms with Crippen LogP contribution in [0.1, 0.15) is 11.1 Å². The molecule has 5 nitrogen and oxygen atoms in total. The fraction of sp³-hybridized carbons (Fsp3) is 0.214. The Bertz CT molecular complexity index is 757. The fourth-order valence-corrected chi connectivity index (χ4v) is 2.49. The minimum absolute atomic E-state index is 0.136. The number of sulfonamides is 1. The molecule has 124 valence electrons. The van der Waals surface area contributed by atoms with Crippen LogP contribution in [0.3, 0.4) is 0 Å². The molecular weight excluding hydrogens is 331 g/mol. The van der Waals surface area contributed by atoms with Crippen molar-refractivity contribution in [3.8, 4) is 0 Å². The summed E-state index contributed by atoms with van der Waals surface area (Å²) in [6.07, 6.45) is -3.66. The van der Waals surface area contributed by atoms with Gasteiger partial charge < -0.3 is 5.32 Å². The molecule has 0 unspecified atom stereocenters. The maximum absolute atomic E-state index is 12.4. The van der Waals surface area contributed by atoms with Crippen LogP contribution < -0.4 is 10.0 Å². The van der Waals surface area contributed by atoms with Gasteiger partial charge in [-0.3, -0.25) is 0 Å². The van der Waals surface area contributed by atoms with Gasteiger partial charge >= 0.3 is 6.18 Å². The Labute approximate surface area is 131 Å². The van der Waals surface area contributed by atoms with Crippen LogP contribution in [-0.2, 0) is 22.7 Å². The van der Waals surface area contributed by atoms with Gasteiger partial charge in [0.05, 0.1) is 10.5 Å². The molecule has 23 heavy (non-hydrogen) atoms. The maximum Gasteiger partial charge on any atom is 0.417 e. The van der Waals surface area contributed by atoms with E-state index in [4.69, 9.17) is 0 Å². The summed E-state index contributed by atoms with van der Waals surface area (Å²) < 4.78 is 62.6. The summed E-state index contributed by atoms with van der Waals surface area (Å²) in [4.78, 5) is 3.83. The lowest BCUT2D eigenvalue weighted by molar-refractivity contribution is -0.137. The van der Waals surface area contributed by atoms with Crippen molar-refractivity contribution >= 4 is 15.8 Å². The molecule has 0 saturated carbocycles. The molecule has 1 aromatic carbocycles. The Hall–Kier alpha value is -2.13. The van der Waals surface area contributed by atoms with Gasteiger partial charge in [-0.2, -0.15) is 13.2 Å². The largest absolute Gasteiger partial charge is 0.417 e. The second-order valence-corrected chi connectivity index (χ2v) is 6.52. The highest BCUT2D eigenvalue weighted by molar-refractivity contribution is 7.89. The van der Waals surface area contributed by atoms with Crippen molar-refractivity contribution in [2.75, 3.05) is 12.4 Å². The predicted octanol–water partition coefficient (Wildman–Crippen LogP) is 2.62. The Morgan fingerprint density at radius 2 is 1.74 bits per heavy atom. The monoisotopic (exact) mass is 345 g/mol. The summed E-state index contributed by atoms with van der Waals surface area (Å²) in [5.74, 6) is 0.296. The average Bonchev–Trinajstić information content (AvgIpc) is 2.53. The SMILES string of the molecule is CNS(=O)(=O)c1ccc(CNc2ccc(C(F)(F)F)cn2)cc1. The summed E-state index contributed by atoms with van der Waals surface area (Å²) in [5, 5.41) is 2.87. The van der Waals surface area contributed by atoms with Crippen molar-refractivity contribution in [2.24, 2.45) is 0 Å². The fourth-order valence-electron chi connectivity index (χ4n) is 1.76. The normalized spacial score (nSPS) is 12.2. The molecule has 1 aromatic heterocycles. The van der Waals surface area contributed by atoms with Crippen LogP contribution in [0.4, 0.5) is 19.0 Å². The zero-order valence-electron chi connectivity index (χ0n) is 12.1. The highest BCUT2D eigenvalue weighted by atomic mass is 32.2. The molecule has 0 saturated heterocycles. The summed E-state index contributed by atoms with van der Waals surface area (Å²) in [6, 6.07) is 8.30. The maximum atomic E-state index is 12.4. The summed E-state index contributed by atoms with van der Waals surface area (Å²) in [6.45, 7) is 0.304. The highest BCUT2D eigenvalue weighted by Gasteiger charge is 2.30. The topological polar surface area (TPSA) is 71.1 Å². The van der Waals surface area contributed by atoms with Gasteiger partial charge in [-0.05, 0) is 36.9 Å². The minimum Gasteiger partial charge on any atom is -0.366 e. The van der Waals surface area contributed by atoms with Crippen LogP contribution >= 0.6 is 0 Å². The Morgan fingerprint density at radius 1 is 1.09 bits per heavy atom. The number of anilines is 1. The number of rotatable bonds is 5. The third kappa shape index (κ3) is 4.42. The lowest BCUT2D eigenvalue weighted by atomic mass is 10.2. The van der Waals surface area contributed by atoms with Gasteiger partial charge in [0.2, 0.25) is 10.0 Å². The quantitative estimate of drug-likeness (QED) is 0.874. The molecule has 9 heteroatoms. The lowest BCUT2D eigenvalue weighted by Gasteiger charge is -2.09. The van der Waals surface area contributed by atoms with Crippen LogP contribution in [0.2, 0.25) is 0 Å². The van der Waals surface area contributed by atoms with E-state index in [1.165, 1.54) is 25.2 Å². The molecule has 2 aromatic rings. The van der Waals surface area contributed by atoms with Crippen LogP contribution in [0.25, 0.3) is 0 Å². The number of benzene rings is 1. The van der Waals surface area contributed by atoms with E-state index in [0.717, 1.165) is 17.8 Å². The second kappa shape index (κ2) is 6.55. The first kappa shape index (κ1) is 17.2. The van der Waals surface area contributed by atoms with Crippen LogP contribution in [0.5, 0.6) is 0 Å². The lowest BCUT2D eigenvalue weighted by Crippen LogP contribution is -2.18.